The van der Waals surface area contributed by atoms with E-state index in [0.29, 0.717) is 6.04 Å². The average molecular weight is 195 g/mol. The summed E-state index contributed by atoms with van der Waals surface area (Å²) in [6.07, 6.45) is 2.30. The molecule has 0 unspecified atom stereocenters. The highest BCUT2D eigenvalue weighted by Crippen LogP contribution is 2.18. The van der Waals surface area contributed by atoms with Gasteiger partial charge in [0, 0.05) is 16.7 Å². The second-order valence-electron chi connectivity index (χ2n) is 3.17. The van der Waals surface area contributed by atoms with E-state index in [1.165, 1.54) is 11.3 Å². The molecule has 0 aromatic heterocycles. The second-order valence-corrected chi connectivity index (χ2v) is 4.27. The van der Waals surface area contributed by atoms with Crippen LogP contribution in [0.1, 0.15) is 19.8 Å². The molecular weight excluding hydrogens is 178 g/mol. The molecule has 2 heteroatoms. The zero-order valence-electron chi connectivity index (χ0n) is 8.07. The van der Waals surface area contributed by atoms with Crippen LogP contribution in [-0.4, -0.2) is 11.8 Å². The quantitative estimate of drug-likeness (QED) is 0.731. The van der Waals surface area contributed by atoms with Gasteiger partial charge in [0.25, 0.3) is 0 Å². The van der Waals surface area contributed by atoms with Crippen LogP contribution in [0, 0.1) is 0 Å². The number of thioether (sulfide) groups is 1. The average Bonchev–Trinajstić information content (AvgIpc) is 2.17. The molecule has 0 bridgehead atoms. The Balaban J connectivity index is 2.27. The summed E-state index contributed by atoms with van der Waals surface area (Å²) in [4.78, 5) is 1.31. The molecule has 2 N–H and O–H groups in total. The van der Waals surface area contributed by atoms with Crippen LogP contribution in [0.3, 0.4) is 0 Å². The molecular formula is C11H17NS. The highest BCUT2D eigenvalue weighted by atomic mass is 32.2. The zero-order valence-corrected chi connectivity index (χ0v) is 8.89. The van der Waals surface area contributed by atoms with Crippen LogP contribution in [0.2, 0.25) is 0 Å². The zero-order chi connectivity index (χ0) is 9.52. The predicted molar refractivity (Wildman–Crippen MR) is 60.0 cm³/mol. The van der Waals surface area contributed by atoms with Crippen molar-refractivity contribution in [3.63, 3.8) is 0 Å². The maximum atomic E-state index is 5.91. The van der Waals surface area contributed by atoms with Crippen molar-refractivity contribution in [1.29, 1.82) is 0 Å². The van der Waals surface area contributed by atoms with Gasteiger partial charge >= 0.3 is 0 Å². The van der Waals surface area contributed by atoms with Crippen molar-refractivity contribution in [2.24, 2.45) is 5.73 Å². The van der Waals surface area contributed by atoms with E-state index in [4.69, 9.17) is 5.73 Å². The molecule has 0 spiro atoms. The molecule has 0 amide bonds. The van der Waals surface area contributed by atoms with Gasteiger partial charge in [-0.3, -0.25) is 0 Å². The molecule has 72 valence electrons. The van der Waals surface area contributed by atoms with Crippen LogP contribution in [0.4, 0.5) is 0 Å². The van der Waals surface area contributed by atoms with Crippen molar-refractivity contribution in [1.82, 2.24) is 0 Å². The van der Waals surface area contributed by atoms with Crippen LogP contribution in [0.15, 0.2) is 35.2 Å². The van der Waals surface area contributed by atoms with Crippen LogP contribution in [0.5, 0.6) is 0 Å². The first-order valence-corrected chi connectivity index (χ1v) is 5.75. The Morgan fingerprint density at radius 1 is 1.31 bits per heavy atom. The van der Waals surface area contributed by atoms with Crippen molar-refractivity contribution >= 4 is 11.8 Å². The van der Waals surface area contributed by atoms with Crippen LogP contribution < -0.4 is 5.73 Å². The third kappa shape index (κ3) is 4.34. The first kappa shape index (κ1) is 10.6. The summed E-state index contributed by atoms with van der Waals surface area (Å²) in [5.74, 6) is 1.03. The molecule has 0 aliphatic rings. The van der Waals surface area contributed by atoms with E-state index < -0.39 is 0 Å². The number of nitrogens with two attached hydrogens (primary N) is 1. The van der Waals surface area contributed by atoms with E-state index in [-0.39, 0.29) is 0 Å². The number of rotatable bonds is 5. The Bertz CT molecular complexity index is 223. The minimum Gasteiger partial charge on any atom is -0.327 e. The molecule has 0 aliphatic heterocycles. The Morgan fingerprint density at radius 3 is 2.62 bits per heavy atom. The number of benzene rings is 1. The lowest BCUT2D eigenvalue weighted by atomic mass is 10.2. The molecule has 1 rings (SSSR count). The minimum absolute atomic E-state index is 0.343. The van der Waals surface area contributed by atoms with Crippen molar-refractivity contribution in [2.45, 2.75) is 30.7 Å². The number of hydrogen-bond donors (Lipinski definition) is 1. The first-order chi connectivity index (χ1) is 6.33. The third-order valence-electron chi connectivity index (χ3n) is 1.87. The highest BCUT2D eigenvalue weighted by molar-refractivity contribution is 7.99. The SMILES string of the molecule is CCC[C@@H](N)CSc1ccccc1. The fourth-order valence-electron chi connectivity index (χ4n) is 1.17. The summed E-state index contributed by atoms with van der Waals surface area (Å²) >= 11 is 1.84. The van der Waals surface area contributed by atoms with Gasteiger partial charge in [0.15, 0.2) is 0 Å². The van der Waals surface area contributed by atoms with Crippen molar-refractivity contribution < 1.29 is 0 Å². The summed E-state index contributed by atoms with van der Waals surface area (Å²) in [6.45, 7) is 2.17. The molecule has 0 heterocycles. The van der Waals surface area contributed by atoms with Gasteiger partial charge in [-0.05, 0) is 18.6 Å². The van der Waals surface area contributed by atoms with Crippen molar-refractivity contribution in [3.8, 4) is 0 Å². The van der Waals surface area contributed by atoms with Gasteiger partial charge in [0.05, 0.1) is 0 Å². The third-order valence-corrected chi connectivity index (χ3v) is 3.07. The topological polar surface area (TPSA) is 26.0 Å². The Morgan fingerprint density at radius 2 is 2.00 bits per heavy atom. The molecule has 0 saturated carbocycles. The normalized spacial score (nSPS) is 12.8. The fourth-order valence-corrected chi connectivity index (χ4v) is 2.10. The summed E-state index contributed by atoms with van der Waals surface area (Å²) in [5.41, 5.74) is 5.91. The van der Waals surface area contributed by atoms with Gasteiger partial charge < -0.3 is 5.73 Å². The largest absolute Gasteiger partial charge is 0.327 e. The first-order valence-electron chi connectivity index (χ1n) is 4.76. The second kappa shape index (κ2) is 6.06. The summed E-state index contributed by atoms with van der Waals surface area (Å²) in [5, 5.41) is 0. The van der Waals surface area contributed by atoms with E-state index in [0.717, 1.165) is 12.2 Å². The molecule has 1 atom stereocenters. The Labute approximate surface area is 84.7 Å². The van der Waals surface area contributed by atoms with Gasteiger partial charge in [-0.15, -0.1) is 11.8 Å². The molecule has 1 aromatic rings. The van der Waals surface area contributed by atoms with Gasteiger partial charge in [0.1, 0.15) is 0 Å². The van der Waals surface area contributed by atoms with Crippen molar-refractivity contribution in [3.05, 3.63) is 30.3 Å². The maximum Gasteiger partial charge on any atom is 0.0133 e. The summed E-state index contributed by atoms with van der Waals surface area (Å²) in [7, 11) is 0. The van der Waals surface area contributed by atoms with Crippen molar-refractivity contribution in [2.75, 3.05) is 5.75 Å². The molecule has 0 fully saturated rings. The van der Waals surface area contributed by atoms with E-state index in [1.807, 2.05) is 17.8 Å². The van der Waals surface area contributed by atoms with Crippen LogP contribution >= 0.6 is 11.8 Å². The predicted octanol–water partition coefficient (Wildman–Crippen LogP) is 2.91. The lowest BCUT2D eigenvalue weighted by Gasteiger charge is -2.08. The summed E-state index contributed by atoms with van der Waals surface area (Å²) in [6, 6.07) is 10.8. The Hall–Kier alpha value is -0.470. The van der Waals surface area contributed by atoms with Gasteiger partial charge in [-0.2, -0.15) is 0 Å². The number of hydrogen-bond acceptors (Lipinski definition) is 2. The molecule has 0 saturated heterocycles. The van der Waals surface area contributed by atoms with Gasteiger partial charge in [-0.1, -0.05) is 31.5 Å². The van der Waals surface area contributed by atoms with E-state index >= 15 is 0 Å². The minimum atomic E-state index is 0.343. The molecule has 1 aromatic carbocycles. The monoisotopic (exact) mass is 195 g/mol. The van der Waals surface area contributed by atoms with Crippen LogP contribution in [0.25, 0.3) is 0 Å². The standard InChI is InChI=1S/C11H17NS/c1-2-6-10(12)9-13-11-7-4-3-5-8-11/h3-5,7-8,10H,2,6,9,12H2,1H3/t10-/m1/s1. The Kier molecular flexibility index (Phi) is 4.94. The molecule has 13 heavy (non-hydrogen) atoms. The lowest BCUT2D eigenvalue weighted by Crippen LogP contribution is -2.22. The molecule has 0 radical (unpaired) electrons. The van der Waals surface area contributed by atoms with E-state index in [2.05, 4.69) is 31.2 Å². The lowest BCUT2D eigenvalue weighted by molar-refractivity contribution is 0.661. The van der Waals surface area contributed by atoms with Gasteiger partial charge in [-0.25, -0.2) is 0 Å². The van der Waals surface area contributed by atoms with Gasteiger partial charge in [0.2, 0.25) is 0 Å². The summed E-state index contributed by atoms with van der Waals surface area (Å²) < 4.78 is 0. The van der Waals surface area contributed by atoms with E-state index in [9.17, 15) is 0 Å². The molecule has 0 aliphatic carbocycles. The maximum absolute atomic E-state index is 5.91. The fraction of sp³-hybridized carbons (Fsp3) is 0.455. The van der Waals surface area contributed by atoms with E-state index in [1.54, 1.807) is 0 Å². The van der Waals surface area contributed by atoms with Crippen LogP contribution in [-0.2, 0) is 0 Å². The highest BCUT2D eigenvalue weighted by Gasteiger charge is 2.01. The molecule has 1 nitrogen and oxygen atoms in total. The smallest absolute Gasteiger partial charge is 0.0133 e.